The van der Waals surface area contributed by atoms with Gasteiger partial charge in [-0.05, 0) is 56.5 Å². The van der Waals surface area contributed by atoms with Crippen molar-refractivity contribution in [2.45, 2.75) is 39.8 Å². The van der Waals surface area contributed by atoms with Crippen molar-refractivity contribution in [2.75, 3.05) is 6.61 Å². The van der Waals surface area contributed by atoms with Crippen molar-refractivity contribution in [3.8, 4) is 0 Å². The Kier molecular flexibility index (Phi) is 6.01. The summed E-state index contributed by atoms with van der Waals surface area (Å²) in [5.41, 5.74) is 3.73. The molecule has 0 bridgehead atoms. The van der Waals surface area contributed by atoms with Gasteiger partial charge in [0.15, 0.2) is 6.61 Å². The molecule has 1 heterocycles. The Balaban J connectivity index is 1.56. The maximum atomic E-state index is 12.5. The van der Waals surface area contributed by atoms with Crippen LogP contribution in [0.4, 0.5) is 0 Å². The number of aryl methyl sites for hydroxylation is 2. The zero-order valence-electron chi connectivity index (χ0n) is 17.4. The highest BCUT2D eigenvalue weighted by molar-refractivity contribution is 6.22. The molecule has 2 atom stereocenters. The molecule has 1 aliphatic rings. The van der Waals surface area contributed by atoms with Gasteiger partial charge < -0.3 is 10.1 Å². The van der Waals surface area contributed by atoms with E-state index in [9.17, 15) is 19.2 Å². The molecule has 0 radical (unpaired) electrons. The number of hydrogen-bond acceptors (Lipinski definition) is 5. The van der Waals surface area contributed by atoms with E-state index in [0.717, 1.165) is 21.6 Å². The van der Waals surface area contributed by atoms with E-state index in [1.807, 2.05) is 39.0 Å². The molecule has 1 aliphatic heterocycles. The van der Waals surface area contributed by atoms with Crippen molar-refractivity contribution in [1.82, 2.24) is 10.2 Å². The summed E-state index contributed by atoms with van der Waals surface area (Å²) < 4.78 is 5.06. The number of nitrogens with zero attached hydrogens (tertiary/aromatic N) is 1. The fraction of sp³-hybridized carbons (Fsp3) is 0.304. The van der Waals surface area contributed by atoms with E-state index in [1.54, 1.807) is 12.1 Å². The van der Waals surface area contributed by atoms with Gasteiger partial charge in [-0.15, -0.1) is 0 Å². The number of carbonyl (C=O) groups excluding carboxylic acids is 4. The van der Waals surface area contributed by atoms with Crippen molar-refractivity contribution in [3.05, 3.63) is 70.3 Å². The smallest absolute Gasteiger partial charge is 0.329 e. The van der Waals surface area contributed by atoms with Gasteiger partial charge in [0.1, 0.15) is 6.04 Å². The molecule has 30 heavy (non-hydrogen) atoms. The molecule has 0 saturated carbocycles. The number of amides is 3. The summed E-state index contributed by atoms with van der Waals surface area (Å²) in [5.74, 6) is -2.39. The lowest BCUT2D eigenvalue weighted by atomic mass is 10.0. The van der Waals surface area contributed by atoms with Crippen LogP contribution in [-0.4, -0.2) is 41.2 Å². The molecule has 7 nitrogen and oxygen atoms in total. The summed E-state index contributed by atoms with van der Waals surface area (Å²) in [6.45, 7) is 6.75. The van der Waals surface area contributed by atoms with Crippen LogP contribution in [0.2, 0.25) is 0 Å². The largest absolute Gasteiger partial charge is 0.454 e. The van der Waals surface area contributed by atoms with Crippen LogP contribution in [0, 0.1) is 13.8 Å². The first-order valence-electron chi connectivity index (χ1n) is 9.70. The van der Waals surface area contributed by atoms with Gasteiger partial charge in [0.05, 0.1) is 17.2 Å². The lowest BCUT2D eigenvalue weighted by molar-refractivity contribution is -0.152. The van der Waals surface area contributed by atoms with Crippen molar-refractivity contribution in [3.63, 3.8) is 0 Å². The van der Waals surface area contributed by atoms with Gasteiger partial charge in [-0.25, -0.2) is 4.79 Å². The van der Waals surface area contributed by atoms with Crippen LogP contribution >= 0.6 is 0 Å². The zero-order valence-corrected chi connectivity index (χ0v) is 17.4. The quantitative estimate of drug-likeness (QED) is 0.586. The highest BCUT2D eigenvalue weighted by atomic mass is 16.5. The van der Waals surface area contributed by atoms with E-state index in [1.165, 1.54) is 19.1 Å². The molecule has 2 aromatic rings. The van der Waals surface area contributed by atoms with Gasteiger partial charge >= 0.3 is 5.97 Å². The van der Waals surface area contributed by atoms with E-state index in [0.29, 0.717) is 0 Å². The SMILES string of the molecule is Cc1ccc([C@@H](C)NC(=O)COC(=O)[C@@H](C)N2C(=O)c3ccccc3C2=O)cc1C. The second kappa shape index (κ2) is 8.49. The van der Waals surface area contributed by atoms with Crippen molar-refractivity contribution >= 4 is 23.7 Å². The summed E-state index contributed by atoms with van der Waals surface area (Å²) in [6.07, 6.45) is 0. The van der Waals surface area contributed by atoms with Crippen LogP contribution in [0.3, 0.4) is 0 Å². The molecular formula is C23H24N2O5. The second-order valence-corrected chi connectivity index (χ2v) is 7.44. The molecule has 1 N–H and O–H groups in total. The van der Waals surface area contributed by atoms with Gasteiger partial charge in [-0.2, -0.15) is 0 Å². The van der Waals surface area contributed by atoms with Gasteiger partial charge in [0.25, 0.3) is 17.7 Å². The first kappa shape index (κ1) is 21.2. The highest BCUT2D eigenvalue weighted by Gasteiger charge is 2.41. The van der Waals surface area contributed by atoms with Crippen LogP contribution in [-0.2, 0) is 14.3 Å². The zero-order chi connectivity index (χ0) is 22.0. The summed E-state index contributed by atoms with van der Waals surface area (Å²) in [5, 5.41) is 2.77. The molecule has 2 aromatic carbocycles. The summed E-state index contributed by atoms with van der Waals surface area (Å²) >= 11 is 0. The summed E-state index contributed by atoms with van der Waals surface area (Å²) in [6, 6.07) is 10.9. The van der Waals surface area contributed by atoms with Crippen molar-refractivity contribution < 1.29 is 23.9 Å². The minimum absolute atomic E-state index is 0.252. The number of fused-ring (bicyclic) bond motifs is 1. The fourth-order valence-electron chi connectivity index (χ4n) is 3.32. The number of esters is 1. The van der Waals surface area contributed by atoms with E-state index in [-0.39, 0.29) is 17.2 Å². The third kappa shape index (κ3) is 4.10. The maximum absolute atomic E-state index is 12.5. The van der Waals surface area contributed by atoms with Crippen LogP contribution in [0.25, 0.3) is 0 Å². The maximum Gasteiger partial charge on any atom is 0.329 e. The van der Waals surface area contributed by atoms with E-state index < -0.39 is 36.3 Å². The van der Waals surface area contributed by atoms with E-state index >= 15 is 0 Å². The predicted octanol–water partition coefficient (Wildman–Crippen LogP) is 2.71. The molecule has 0 aliphatic carbocycles. The Morgan fingerprint density at radius 2 is 1.57 bits per heavy atom. The van der Waals surface area contributed by atoms with Gasteiger partial charge in [0, 0.05) is 0 Å². The molecule has 0 fully saturated rings. The first-order chi connectivity index (χ1) is 14.2. The van der Waals surface area contributed by atoms with Crippen LogP contribution < -0.4 is 5.32 Å². The molecule has 7 heteroatoms. The summed E-state index contributed by atoms with van der Waals surface area (Å²) in [7, 11) is 0. The van der Waals surface area contributed by atoms with Crippen molar-refractivity contribution in [2.24, 2.45) is 0 Å². The molecule has 0 spiro atoms. The van der Waals surface area contributed by atoms with Crippen LogP contribution in [0.15, 0.2) is 42.5 Å². The fourth-order valence-corrected chi connectivity index (χ4v) is 3.32. The van der Waals surface area contributed by atoms with E-state index in [4.69, 9.17) is 4.74 Å². The number of rotatable bonds is 6. The molecule has 0 aromatic heterocycles. The second-order valence-electron chi connectivity index (χ2n) is 7.44. The van der Waals surface area contributed by atoms with Gasteiger partial charge in [-0.1, -0.05) is 30.3 Å². The average molecular weight is 408 g/mol. The Morgan fingerprint density at radius 1 is 0.967 bits per heavy atom. The number of nitrogens with one attached hydrogen (secondary N) is 1. The Labute approximate surface area is 175 Å². The first-order valence-corrected chi connectivity index (χ1v) is 9.70. The topological polar surface area (TPSA) is 92.8 Å². The summed E-state index contributed by atoms with van der Waals surface area (Å²) in [4.78, 5) is 50.4. The molecule has 156 valence electrons. The minimum Gasteiger partial charge on any atom is -0.454 e. The lowest BCUT2D eigenvalue weighted by Gasteiger charge is -2.21. The third-order valence-electron chi connectivity index (χ3n) is 5.31. The Morgan fingerprint density at radius 3 is 2.13 bits per heavy atom. The van der Waals surface area contributed by atoms with Gasteiger partial charge in [0.2, 0.25) is 0 Å². The predicted molar refractivity (Wildman–Crippen MR) is 110 cm³/mol. The van der Waals surface area contributed by atoms with Crippen LogP contribution in [0.1, 0.15) is 57.3 Å². The number of benzene rings is 2. The average Bonchev–Trinajstić information content (AvgIpc) is 2.98. The molecule has 0 unspecified atom stereocenters. The molecule has 0 saturated heterocycles. The Hall–Kier alpha value is -3.48. The normalized spacial score (nSPS) is 14.9. The monoisotopic (exact) mass is 408 g/mol. The molecule has 3 rings (SSSR count). The third-order valence-corrected chi connectivity index (χ3v) is 5.31. The number of carbonyl (C=O) groups is 4. The minimum atomic E-state index is -1.14. The van der Waals surface area contributed by atoms with Crippen LogP contribution in [0.5, 0.6) is 0 Å². The highest BCUT2D eigenvalue weighted by Crippen LogP contribution is 2.24. The standard InChI is InChI=1S/C23H24N2O5/c1-13-9-10-17(11-14(13)2)15(3)24-20(26)12-30-23(29)16(4)25-21(27)18-7-5-6-8-19(18)22(25)28/h5-11,15-16H,12H2,1-4H3,(H,24,26)/t15-,16-/m1/s1. The number of hydrogen-bond donors (Lipinski definition) is 1. The molecule has 3 amide bonds. The van der Waals surface area contributed by atoms with Crippen molar-refractivity contribution in [1.29, 1.82) is 0 Å². The van der Waals surface area contributed by atoms with Gasteiger partial charge in [-0.3, -0.25) is 19.3 Å². The Bertz CT molecular complexity index is 995. The lowest BCUT2D eigenvalue weighted by Crippen LogP contribution is -2.44. The number of ether oxygens (including phenoxy) is 1. The van der Waals surface area contributed by atoms with E-state index in [2.05, 4.69) is 5.32 Å². The number of imide groups is 1. The molecular weight excluding hydrogens is 384 g/mol.